The van der Waals surface area contributed by atoms with Crippen LogP contribution in [0.15, 0.2) is 18.2 Å². The average Bonchev–Trinajstić information content (AvgIpc) is 2.27. The Morgan fingerprint density at radius 2 is 2.12 bits per heavy atom. The van der Waals surface area contributed by atoms with Gasteiger partial charge in [0.15, 0.2) is 0 Å². The lowest BCUT2D eigenvalue weighted by Crippen LogP contribution is -2.47. The normalized spacial score (nSPS) is 13.8. The Hall–Kier alpha value is -0.640. The van der Waals surface area contributed by atoms with Gasteiger partial charge < -0.3 is 0 Å². The zero-order chi connectivity index (χ0) is 13.1. The maximum atomic E-state index is 13.7. The second kappa shape index (κ2) is 5.80. The Kier molecular flexibility index (Phi) is 4.92. The molecule has 1 unspecified atom stereocenters. The van der Waals surface area contributed by atoms with Gasteiger partial charge >= 0.3 is 0 Å². The lowest BCUT2D eigenvalue weighted by molar-refractivity contribution is 0.230. The van der Waals surface area contributed by atoms with Crippen molar-refractivity contribution >= 4 is 11.6 Å². The molecule has 0 amide bonds. The first-order valence-electron chi connectivity index (χ1n) is 5.80. The molecule has 0 saturated heterocycles. The Balaban J connectivity index is 2.88. The van der Waals surface area contributed by atoms with E-state index in [0.717, 1.165) is 6.42 Å². The molecule has 1 atom stereocenters. The van der Waals surface area contributed by atoms with Crippen molar-refractivity contribution in [2.24, 2.45) is 11.3 Å². The van der Waals surface area contributed by atoms with Crippen molar-refractivity contribution in [1.82, 2.24) is 5.43 Å². The summed E-state index contributed by atoms with van der Waals surface area (Å²) in [5.74, 6) is 5.29. The Morgan fingerprint density at radius 3 is 2.59 bits per heavy atom. The molecule has 1 aromatic carbocycles. The van der Waals surface area contributed by atoms with Crippen LogP contribution < -0.4 is 11.3 Å². The van der Waals surface area contributed by atoms with Crippen LogP contribution >= 0.6 is 11.6 Å². The highest BCUT2D eigenvalue weighted by molar-refractivity contribution is 6.30. The number of rotatable bonds is 5. The quantitative estimate of drug-likeness (QED) is 0.628. The Bertz CT molecular complexity index is 380. The summed E-state index contributed by atoms with van der Waals surface area (Å²) in [6.45, 7) is 6.33. The fourth-order valence-corrected chi connectivity index (χ4v) is 1.87. The third kappa shape index (κ3) is 3.66. The van der Waals surface area contributed by atoms with Crippen LogP contribution in [-0.2, 0) is 6.42 Å². The van der Waals surface area contributed by atoms with E-state index in [1.807, 2.05) is 0 Å². The number of nitrogens with one attached hydrogen (secondary N) is 1. The molecular formula is C13H20ClFN2. The second-order valence-electron chi connectivity index (χ2n) is 5.00. The highest BCUT2D eigenvalue weighted by Gasteiger charge is 2.27. The van der Waals surface area contributed by atoms with E-state index in [2.05, 4.69) is 26.2 Å². The van der Waals surface area contributed by atoms with Gasteiger partial charge in [-0.2, -0.15) is 0 Å². The molecule has 1 aromatic rings. The average molecular weight is 259 g/mol. The molecule has 0 aliphatic heterocycles. The summed E-state index contributed by atoms with van der Waals surface area (Å²) in [5, 5.41) is 0.415. The number of benzene rings is 1. The SMILES string of the molecule is CCC(C)(C)C(Cc1ccc(Cl)cc1F)NN. The maximum absolute atomic E-state index is 13.7. The Labute approximate surface area is 107 Å². The van der Waals surface area contributed by atoms with Gasteiger partial charge in [0, 0.05) is 11.1 Å². The van der Waals surface area contributed by atoms with E-state index in [1.165, 1.54) is 6.07 Å². The maximum Gasteiger partial charge on any atom is 0.127 e. The molecule has 0 aliphatic rings. The molecule has 0 aromatic heterocycles. The molecule has 0 bridgehead atoms. The van der Waals surface area contributed by atoms with E-state index < -0.39 is 0 Å². The molecule has 2 nitrogen and oxygen atoms in total. The molecule has 0 heterocycles. The van der Waals surface area contributed by atoms with Crippen LogP contribution in [0.3, 0.4) is 0 Å². The fraction of sp³-hybridized carbons (Fsp3) is 0.538. The van der Waals surface area contributed by atoms with Gasteiger partial charge in [0.05, 0.1) is 0 Å². The number of hydrogen-bond acceptors (Lipinski definition) is 2. The van der Waals surface area contributed by atoms with Gasteiger partial charge in [0.2, 0.25) is 0 Å². The minimum absolute atomic E-state index is 0.0147. The summed E-state index contributed by atoms with van der Waals surface area (Å²) >= 11 is 5.72. The number of nitrogens with two attached hydrogens (primary N) is 1. The van der Waals surface area contributed by atoms with E-state index in [4.69, 9.17) is 17.4 Å². The van der Waals surface area contributed by atoms with Crippen LogP contribution in [0.25, 0.3) is 0 Å². The number of hydrogen-bond donors (Lipinski definition) is 2. The van der Waals surface area contributed by atoms with Crippen molar-refractivity contribution in [3.63, 3.8) is 0 Å². The van der Waals surface area contributed by atoms with Crippen molar-refractivity contribution in [3.05, 3.63) is 34.6 Å². The van der Waals surface area contributed by atoms with E-state index in [0.29, 0.717) is 17.0 Å². The molecule has 96 valence electrons. The van der Waals surface area contributed by atoms with Crippen molar-refractivity contribution < 1.29 is 4.39 Å². The third-order valence-electron chi connectivity index (χ3n) is 3.49. The van der Waals surface area contributed by atoms with Crippen molar-refractivity contribution in [2.75, 3.05) is 0 Å². The van der Waals surface area contributed by atoms with Gasteiger partial charge in [-0.1, -0.05) is 38.4 Å². The summed E-state index contributed by atoms with van der Waals surface area (Å²) in [5.41, 5.74) is 3.44. The summed E-state index contributed by atoms with van der Waals surface area (Å²) in [6.07, 6.45) is 1.53. The molecular weight excluding hydrogens is 239 g/mol. The zero-order valence-corrected chi connectivity index (χ0v) is 11.3. The lowest BCUT2D eigenvalue weighted by atomic mass is 9.79. The first kappa shape index (κ1) is 14.4. The predicted octanol–water partition coefficient (Wildman–Crippen LogP) is 3.29. The molecule has 0 saturated carbocycles. The van der Waals surface area contributed by atoms with Gasteiger partial charge in [-0.15, -0.1) is 0 Å². The minimum atomic E-state index is -0.273. The Morgan fingerprint density at radius 1 is 1.47 bits per heavy atom. The predicted molar refractivity (Wildman–Crippen MR) is 70.3 cm³/mol. The first-order valence-corrected chi connectivity index (χ1v) is 6.18. The van der Waals surface area contributed by atoms with Crippen LogP contribution in [-0.4, -0.2) is 6.04 Å². The van der Waals surface area contributed by atoms with E-state index in [9.17, 15) is 4.39 Å². The lowest BCUT2D eigenvalue weighted by Gasteiger charge is -2.33. The third-order valence-corrected chi connectivity index (χ3v) is 3.73. The topological polar surface area (TPSA) is 38.0 Å². The van der Waals surface area contributed by atoms with Crippen LogP contribution in [0.2, 0.25) is 5.02 Å². The molecule has 4 heteroatoms. The highest BCUT2D eigenvalue weighted by Crippen LogP contribution is 2.28. The standard InChI is InChI=1S/C13H20ClFN2/c1-4-13(2,3)12(17-16)7-9-5-6-10(14)8-11(9)15/h5-6,8,12,17H,4,7,16H2,1-3H3. The van der Waals surface area contributed by atoms with Gasteiger partial charge in [0.25, 0.3) is 0 Å². The molecule has 1 rings (SSSR count). The molecule has 3 N–H and O–H groups in total. The van der Waals surface area contributed by atoms with Crippen LogP contribution in [0.1, 0.15) is 32.8 Å². The minimum Gasteiger partial charge on any atom is -0.271 e. The highest BCUT2D eigenvalue weighted by atomic mass is 35.5. The smallest absolute Gasteiger partial charge is 0.127 e. The van der Waals surface area contributed by atoms with Crippen LogP contribution in [0.5, 0.6) is 0 Å². The van der Waals surface area contributed by atoms with Crippen LogP contribution in [0.4, 0.5) is 4.39 Å². The van der Waals surface area contributed by atoms with Gasteiger partial charge in [0.1, 0.15) is 5.82 Å². The summed E-state index contributed by atoms with van der Waals surface area (Å²) in [7, 11) is 0. The molecule has 0 spiro atoms. The van der Waals surface area contributed by atoms with Gasteiger partial charge in [-0.25, -0.2) is 4.39 Å². The first-order chi connectivity index (χ1) is 7.90. The summed E-state index contributed by atoms with van der Waals surface area (Å²) < 4.78 is 13.7. The molecule has 17 heavy (non-hydrogen) atoms. The zero-order valence-electron chi connectivity index (χ0n) is 10.6. The van der Waals surface area contributed by atoms with Crippen LogP contribution in [0, 0.1) is 11.2 Å². The molecule has 0 aliphatic carbocycles. The van der Waals surface area contributed by atoms with Crippen molar-refractivity contribution in [3.8, 4) is 0 Å². The van der Waals surface area contributed by atoms with E-state index in [1.54, 1.807) is 12.1 Å². The fourth-order valence-electron chi connectivity index (χ4n) is 1.71. The second-order valence-corrected chi connectivity index (χ2v) is 5.44. The molecule has 0 radical (unpaired) electrons. The number of halogens is 2. The summed E-state index contributed by atoms with van der Waals surface area (Å²) in [4.78, 5) is 0. The van der Waals surface area contributed by atoms with E-state index in [-0.39, 0.29) is 17.3 Å². The van der Waals surface area contributed by atoms with Gasteiger partial charge in [-0.05, 0) is 36.0 Å². The van der Waals surface area contributed by atoms with Gasteiger partial charge in [-0.3, -0.25) is 11.3 Å². The summed E-state index contributed by atoms with van der Waals surface area (Å²) in [6, 6.07) is 4.78. The van der Waals surface area contributed by atoms with Crippen molar-refractivity contribution in [1.29, 1.82) is 0 Å². The van der Waals surface area contributed by atoms with E-state index >= 15 is 0 Å². The monoisotopic (exact) mass is 258 g/mol. The molecule has 0 fully saturated rings. The van der Waals surface area contributed by atoms with Crippen molar-refractivity contribution in [2.45, 2.75) is 39.7 Å². The largest absolute Gasteiger partial charge is 0.271 e. The number of hydrazine groups is 1.